The van der Waals surface area contributed by atoms with Crippen LogP contribution in [0, 0.1) is 0 Å². The number of rotatable bonds is 5. The van der Waals surface area contributed by atoms with Gasteiger partial charge >= 0.3 is 5.97 Å². The molecular weight excluding hydrogens is 270 g/mol. The summed E-state index contributed by atoms with van der Waals surface area (Å²) >= 11 is 0. The van der Waals surface area contributed by atoms with Gasteiger partial charge in [-0.3, -0.25) is 4.79 Å². The first-order chi connectivity index (χ1) is 10.2. The van der Waals surface area contributed by atoms with Crippen LogP contribution in [0.4, 0.5) is 5.69 Å². The first-order valence-electron chi connectivity index (χ1n) is 7.24. The molecule has 1 heterocycles. The number of piperidine rings is 1. The van der Waals surface area contributed by atoms with Crippen LogP contribution in [0.15, 0.2) is 18.2 Å². The minimum absolute atomic E-state index is 0.165. The van der Waals surface area contributed by atoms with Gasteiger partial charge < -0.3 is 19.1 Å². The lowest BCUT2D eigenvalue weighted by Gasteiger charge is -2.37. The van der Waals surface area contributed by atoms with E-state index in [2.05, 4.69) is 4.90 Å². The second-order valence-electron chi connectivity index (χ2n) is 5.19. The predicted octanol–water partition coefficient (Wildman–Crippen LogP) is 2.63. The Morgan fingerprint density at radius 3 is 2.38 bits per heavy atom. The summed E-state index contributed by atoms with van der Waals surface area (Å²) in [6.07, 6.45) is 3.67. The third kappa shape index (κ3) is 3.80. The van der Waals surface area contributed by atoms with Crippen LogP contribution in [-0.2, 0) is 9.53 Å². The fraction of sp³-hybridized carbons (Fsp3) is 0.562. The van der Waals surface area contributed by atoms with Gasteiger partial charge in [-0.15, -0.1) is 0 Å². The maximum Gasteiger partial charge on any atom is 0.307 e. The lowest BCUT2D eigenvalue weighted by molar-refractivity contribution is -0.141. The Morgan fingerprint density at radius 2 is 1.81 bits per heavy atom. The highest BCUT2D eigenvalue weighted by molar-refractivity contribution is 5.71. The van der Waals surface area contributed by atoms with Crippen molar-refractivity contribution in [3.05, 3.63) is 18.2 Å². The standard InChI is InChI=1S/C16H23NO4/c1-19-14-8-13(9-15(11-14)20-2)17-7-5-4-6-12(17)10-16(18)21-3/h8-9,11-12H,4-7,10H2,1-3H3. The van der Waals surface area contributed by atoms with Crippen LogP contribution >= 0.6 is 0 Å². The molecule has 1 saturated heterocycles. The van der Waals surface area contributed by atoms with Gasteiger partial charge in [0, 0.05) is 36.5 Å². The second kappa shape index (κ2) is 7.20. The highest BCUT2D eigenvalue weighted by Crippen LogP contribution is 2.33. The Morgan fingerprint density at radius 1 is 1.14 bits per heavy atom. The molecular formula is C16H23NO4. The zero-order valence-corrected chi connectivity index (χ0v) is 12.9. The molecule has 1 aromatic carbocycles. The average molecular weight is 293 g/mol. The van der Waals surface area contributed by atoms with Crippen LogP contribution in [0.2, 0.25) is 0 Å². The van der Waals surface area contributed by atoms with Gasteiger partial charge in [0.1, 0.15) is 11.5 Å². The van der Waals surface area contributed by atoms with E-state index in [1.54, 1.807) is 14.2 Å². The Hall–Kier alpha value is -1.91. The van der Waals surface area contributed by atoms with Crippen molar-refractivity contribution < 1.29 is 19.0 Å². The monoisotopic (exact) mass is 293 g/mol. The second-order valence-corrected chi connectivity index (χ2v) is 5.19. The van der Waals surface area contributed by atoms with Crippen molar-refractivity contribution in [1.29, 1.82) is 0 Å². The molecule has 5 heteroatoms. The number of ether oxygens (including phenoxy) is 3. The molecule has 0 spiro atoms. The number of carbonyl (C=O) groups is 1. The maximum atomic E-state index is 11.6. The first-order valence-corrected chi connectivity index (χ1v) is 7.24. The summed E-state index contributed by atoms with van der Waals surface area (Å²) in [5.41, 5.74) is 1.03. The normalized spacial score (nSPS) is 18.2. The van der Waals surface area contributed by atoms with Crippen LogP contribution < -0.4 is 14.4 Å². The number of hydrogen-bond donors (Lipinski definition) is 0. The van der Waals surface area contributed by atoms with E-state index in [9.17, 15) is 4.79 Å². The molecule has 116 valence electrons. The van der Waals surface area contributed by atoms with E-state index in [4.69, 9.17) is 14.2 Å². The highest BCUT2D eigenvalue weighted by Gasteiger charge is 2.26. The molecule has 1 fully saturated rings. The van der Waals surface area contributed by atoms with Crippen molar-refractivity contribution in [2.24, 2.45) is 0 Å². The fourth-order valence-electron chi connectivity index (χ4n) is 2.79. The molecule has 0 radical (unpaired) electrons. The van der Waals surface area contributed by atoms with E-state index in [0.29, 0.717) is 6.42 Å². The largest absolute Gasteiger partial charge is 0.497 e. The molecule has 1 aliphatic heterocycles. The van der Waals surface area contributed by atoms with Gasteiger partial charge in [0.15, 0.2) is 0 Å². The number of hydrogen-bond acceptors (Lipinski definition) is 5. The van der Waals surface area contributed by atoms with Crippen molar-refractivity contribution in [2.75, 3.05) is 32.8 Å². The van der Waals surface area contributed by atoms with Gasteiger partial charge in [0.05, 0.1) is 27.8 Å². The van der Waals surface area contributed by atoms with Gasteiger partial charge in [-0.1, -0.05) is 0 Å². The Labute approximate surface area is 125 Å². The molecule has 0 aromatic heterocycles. The summed E-state index contributed by atoms with van der Waals surface area (Å²) < 4.78 is 15.5. The van der Waals surface area contributed by atoms with E-state index < -0.39 is 0 Å². The molecule has 1 aromatic rings. The van der Waals surface area contributed by atoms with Gasteiger partial charge in [-0.2, -0.15) is 0 Å². The summed E-state index contributed by atoms with van der Waals surface area (Å²) in [6, 6.07) is 5.99. The molecule has 0 N–H and O–H groups in total. The number of nitrogens with zero attached hydrogens (tertiary/aromatic N) is 1. The Kier molecular flexibility index (Phi) is 5.31. The van der Waals surface area contributed by atoms with E-state index in [1.807, 2.05) is 18.2 Å². The Balaban J connectivity index is 2.25. The molecule has 0 saturated carbocycles. The van der Waals surface area contributed by atoms with E-state index >= 15 is 0 Å². The van der Waals surface area contributed by atoms with Crippen LogP contribution in [0.25, 0.3) is 0 Å². The molecule has 1 unspecified atom stereocenters. The van der Waals surface area contributed by atoms with Crippen molar-refractivity contribution in [3.8, 4) is 11.5 Å². The summed E-state index contributed by atoms with van der Waals surface area (Å²) in [5, 5.41) is 0. The van der Waals surface area contributed by atoms with Crippen molar-refractivity contribution in [2.45, 2.75) is 31.7 Å². The summed E-state index contributed by atoms with van der Waals surface area (Å²) in [7, 11) is 4.71. The molecule has 1 aliphatic rings. The molecule has 21 heavy (non-hydrogen) atoms. The minimum Gasteiger partial charge on any atom is -0.497 e. The zero-order chi connectivity index (χ0) is 15.2. The smallest absolute Gasteiger partial charge is 0.307 e. The SMILES string of the molecule is COC(=O)CC1CCCCN1c1cc(OC)cc(OC)c1. The van der Waals surface area contributed by atoms with E-state index in [0.717, 1.165) is 43.0 Å². The van der Waals surface area contributed by atoms with Crippen molar-refractivity contribution >= 4 is 11.7 Å². The molecule has 0 bridgehead atoms. The summed E-state index contributed by atoms with van der Waals surface area (Å²) in [4.78, 5) is 13.9. The maximum absolute atomic E-state index is 11.6. The third-order valence-electron chi connectivity index (χ3n) is 3.92. The average Bonchev–Trinajstić information content (AvgIpc) is 2.54. The molecule has 5 nitrogen and oxygen atoms in total. The number of esters is 1. The van der Waals surface area contributed by atoms with Crippen LogP contribution in [0.1, 0.15) is 25.7 Å². The van der Waals surface area contributed by atoms with Gasteiger partial charge in [0.2, 0.25) is 0 Å². The van der Waals surface area contributed by atoms with Crippen LogP contribution in [0.5, 0.6) is 11.5 Å². The van der Waals surface area contributed by atoms with Gasteiger partial charge in [-0.25, -0.2) is 0 Å². The van der Waals surface area contributed by atoms with E-state index in [1.165, 1.54) is 7.11 Å². The third-order valence-corrected chi connectivity index (χ3v) is 3.92. The quantitative estimate of drug-likeness (QED) is 0.781. The fourth-order valence-corrected chi connectivity index (χ4v) is 2.79. The molecule has 0 amide bonds. The lowest BCUT2D eigenvalue weighted by Crippen LogP contribution is -2.41. The molecule has 0 aliphatic carbocycles. The van der Waals surface area contributed by atoms with E-state index in [-0.39, 0.29) is 12.0 Å². The van der Waals surface area contributed by atoms with Crippen LogP contribution in [-0.4, -0.2) is 39.9 Å². The summed E-state index contributed by atoms with van der Waals surface area (Å²) in [6.45, 7) is 0.929. The van der Waals surface area contributed by atoms with Gasteiger partial charge in [0.25, 0.3) is 0 Å². The number of benzene rings is 1. The predicted molar refractivity (Wildman–Crippen MR) is 81.2 cm³/mol. The number of carbonyl (C=O) groups excluding carboxylic acids is 1. The topological polar surface area (TPSA) is 48.0 Å². The lowest BCUT2D eigenvalue weighted by atomic mass is 9.98. The van der Waals surface area contributed by atoms with Crippen molar-refractivity contribution in [3.63, 3.8) is 0 Å². The molecule has 1 atom stereocenters. The zero-order valence-electron chi connectivity index (χ0n) is 12.9. The highest BCUT2D eigenvalue weighted by atomic mass is 16.5. The summed E-state index contributed by atoms with van der Waals surface area (Å²) in [5.74, 6) is 1.35. The van der Waals surface area contributed by atoms with Gasteiger partial charge in [-0.05, 0) is 19.3 Å². The number of anilines is 1. The minimum atomic E-state index is -0.165. The van der Waals surface area contributed by atoms with Crippen LogP contribution in [0.3, 0.4) is 0 Å². The Bertz CT molecular complexity index is 467. The molecule has 2 rings (SSSR count). The number of methoxy groups -OCH3 is 3. The van der Waals surface area contributed by atoms with Crippen molar-refractivity contribution in [1.82, 2.24) is 0 Å². The first kappa shape index (κ1) is 15.5.